The first-order valence-electron chi connectivity index (χ1n) is 8.39. The van der Waals surface area contributed by atoms with Gasteiger partial charge < -0.3 is 19.4 Å². The van der Waals surface area contributed by atoms with Gasteiger partial charge in [0.2, 0.25) is 5.91 Å². The van der Waals surface area contributed by atoms with Crippen molar-refractivity contribution in [3.05, 3.63) is 24.3 Å². The Bertz CT molecular complexity index is 715. The van der Waals surface area contributed by atoms with Gasteiger partial charge in [-0.3, -0.25) is 4.79 Å². The zero-order chi connectivity index (χ0) is 17.6. The van der Waals surface area contributed by atoms with Crippen molar-refractivity contribution in [2.45, 2.75) is 30.2 Å². The van der Waals surface area contributed by atoms with Crippen LogP contribution in [0.4, 0.5) is 4.79 Å². The monoisotopic (exact) mass is 363 g/mol. The van der Waals surface area contributed by atoms with E-state index in [0.717, 1.165) is 11.9 Å². The van der Waals surface area contributed by atoms with Crippen molar-refractivity contribution in [2.75, 3.05) is 26.2 Å². The summed E-state index contributed by atoms with van der Waals surface area (Å²) < 4.78 is 10.6. The van der Waals surface area contributed by atoms with Crippen molar-refractivity contribution >= 4 is 34.9 Å². The smallest absolute Gasteiger partial charge is 0.409 e. The number of oxazole rings is 1. The van der Waals surface area contributed by atoms with Gasteiger partial charge in [-0.1, -0.05) is 30.8 Å². The van der Waals surface area contributed by atoms with Gasteiger partial charge in [0.05, 0.1) is 11.9 Å². The summed E-state index contributed by atoms with van der Waals surface area (Å²) in [4.78, 5) is 29.9. The summed E-state index contributed by atoms with van der Waals surface area (Å²) in [5.41, 5.74) is 1.49. The van der Waals surface area contributed by atoms with Crippen LogP contribution >= 0.6 is 11.8 Å². The highest BCUT2D eigenvalue weighted by Crippen LogP contribution is 2.28. The molecule has 1 aliphatic heterocycles. The number of aromatic nitrogens is 1. The number of carbonyl (C=O) groups excluding carboxylic acids is 2. The number of carbonyl (C=O) groups is 2. The molecule has 1 unspecified atom stereocenters. The fourth-order valence-corrected chi connectivity index (χ4v) is 3.46. The Labute approximate surface area is 150 Å². The lowest BCUT2D eigenvalue weighted by Crippen LogP contribution is -2.43. The van der Waals surface area contributed by atoms with Crippen LogP contribution in [-0.4, -0.2) is 53.4 Å². The maximum absolute atomic E-state index is 12.4. The Balaban J connectivity index is 1.51. The Hall–Kier alpha value is -2.22. The lowest BCUT2D eigenvalue weighted by molar-refractivity contribution is -0.120. The van der Waals surface area contributed by atoms with Crippen molar-refractivity contribution < 1.29 is 18.7 Å². The highest BCUT2D eigenvalue weighted by Gasteiger charge is 2.22. The highest BCUT2D eigenvalue weighted by atomic mass is 32.2. The molecule has 0 aliphatic carbocycles. The van der Waals surface area contributed by atoms with Crippen LogP contribution < -0.4 is 5.32 Å². The van der Waals surface area contributed by atoms with Crippen LogP contribution in [0.1, 0.15) is 19.8 Å². The van der Waals surface area contributed by atoms with E-state index in [4.69, 9.17) is 9.15 Å². The summed E-state index contributed by atoms with van der Waals surface area (Å²) in [6.45, 7) is 3.94. The van der Waals surface area contributed by atoms with Crippen LogP contribution in [-0.2, 0) is 9.53 Å². The first-order valence-corrected chi connectivity index (χ1v) is 9.27. The lowest BCUT2D eigenvalue weighted by atomic mass is 10.3. The summed E-state index contributed by atoms with van der Waals surface area (Å²) in [6.07, 6.45) is 1.17. The van der Waals surface area contributed by atoms with Gasteiger partial charge in [-0.2, -0.15) is 0 Å². The molecular weight excluding hydrogens is 342 g/mol. The van der Waals surface area contributed by atoms with Crippen molar-refractivity contribution in [1.29, 1.82) is 0 Å². The van der Waals surface area contributed by atoms with Crippen molar-refractivity contribution in [2.24, 2.45) is 0 Å². The molecule has 2 amide bonds. The maximum Gasteiger partial charge on any atom is 0.409 e. The summed E-state index contributed by atoms with van der Waals surface area (Å²) in [5.74, 6) is -0.0832. The second kappa shape index (κ2) is 8.24. The van der Waals surface area contributed by atoms with E-state index in [1.165, 1.54) is 11.8 Å². The summed E-state index contributed by atoms with van der Waals surface area (Å²) in [5, 5.41) is 3.08. The number of fused-ring (bicyclic) bond motifs is 1. The number of cyclic esters (lactones) is 1. The number of hydrogen-bond donors (Lipinski definition) is 1. The zero-order valence-corrected chi connectivity index (χ0v) is 14.9. The van der Waals surface area contributed by atoms with Gasteiger partial charge in [0.1, 0.15) is 5.52 Å². The average Bonchev–Trinajstić information content (AvgIpc) is 3.03. The van der Waals surface area contributed by atoms with E-state index in [0.29, 0.717) is 43.5 Å². The van der Waals surface area contributed by atoms with Crippen LogP contribution in [0, 0.1) is 0 Å². The second-order valence-corrected chi connectivity index (χ2v) is 6.86. The highest BCUT2D eigenvalue weighted by molar-refractivity contribution is 8.00. The molecule has 2 heterocycles. The van der Waals surface area contributed by atoms with Crippen LogP contribution in [0.25, 0.3) is 11.1 Å². The largest absolute Gasteiger partial charge is 0.449 e. The Morgan fingerprint density at radius 1 is 1.44 bits per heavy atom. The number of hydrogen-bond acceptors (Lipinski definition) is 6. The van der Waals surface area contributed by atoms with Crippen LogP contribution in [0.3, 0.4) is 0 Å². The molecule has 25 heavy (non-hydrogen) atoms. The molecule has 1 N–H and O–H groups in total. The second-order valence-electron chi connectivity index (χ2n) is 5.71. The van der Waals surface area contributed by atoms with Gasteiger partial charge in [0.25, 0.3) is 5.22 Å². The Morgan fingerprint density at radius 3 is 3.04 bits per heavy atom. The molecule has 2 aromatic rings. The first-order chi connectivity index (χ1) is 12.2. The van der Waals surface area contributed by atoms with Crippen molar-refractivity contribution in [3.8, 4) is 0 Å². The van der Waals surface area contributed by atoms with Gasteiger partial charge in [0.15, 0.2) is 5.58 Å². The van der Waals surface area contributed by atoms with Gasteiger partial charge in [-0.05, 0) is 25.0 Å². The van der Waals surface area contributed by atoms with Gasteiger partial charge in [-0.15, -0.1) is 0 Å². The molecule has 1 aromatic carbocycles. The molecule has 8 heteroatoms. The number of rotatable bonds is 7. The van der Waals surface area contributed by atoms with Crippen molar-refractivity contribution in [1.82, 2.24) is 15.2 Å². The number of thioether (sulfide) groups is 1. The number of para-hydroxylation sites is 2. The number of nitrogens with one attached hydrogen (secondary N) is 1. The molecule has 0 bridgehead atoms. The van der Waals surface area contributed by atoms with Gasteiger partial charge >= 0.3 is 6.09 Å². The van der Waals surface area contributed by atoms with E-state index in [2.05, 4.69) is 10.3 Å². The summed E-state index contributed by atoms with van der Waals surface area (Å²) in [7, 11) is 0. The third-order valence-electron chi connectivity index (χ3n) is 3.92. The minimum Gasteiger partial charge on any atom is -0.449 e. The topological polar surface area (TPSA) is 84.7 Å². The average molecular weight is 363 g/mol. The van der Waals surface area contributed by atoms with E-state index in [9.17, 15) is 9.59 Å². The molecule has 0 spiro atoms. The fourth-order valence-electron chi connectivity index (χ4n) is 2.57. The van der Waals surface area contributed by atoms with Crippen LogP contribution in [0.2, 0.25) is 0 Å². The van der Waals surface area contributed by atoms with Crippen LogP contribution in [0.15, 0.2) is 33.9 Å². The number of ether oxygens (including phenoxy) is 1. The molecule has 1 aliphatic rings. The molecule has 1 saturated heterocycles. The van der Waals surface area contributed by atoms with E-state index in [-0.39, 0.29) is 17.3 Å². The van der Waals surface area contributed by atoms with Gasteiger partial charge in [-0.25, -0.2) is 9.78 Å². The minimum absolute atomic E-state index is 0.0832. The molecule has 1 fully saturated rings. The van der Waals surface area contributed by atoms with E-state index < -0.39 is 0 Å². The SMILES string of the molecule is CCC(Sc1nc2ccccc2o1)C(=O)NCCN1CCCOC1=O. The molecule has 0 radical (unpaired) electrons. The molecule has 3 rings (SSSR count). The molecule has 0 saturated carbocycles. The number of benzene rings is 1. The van der Waals surface area contributed by atoms with Crippen LogP contribution in [0.5, 0.6) is 0 Å². The Kier molecular flexibility index (Phi) is 5.80. The lowest BCUT2D eigenvalue weighted by Gasteiger charge is -2.26. The molecule has 1 aromatic heterocycles. The fraction of sp³-hybridized carbons (Fsp3) is 0.471. The summed E-state index contributed by atoms with van der Waals surface area (Å²) >= 11 is 1.31. The van der Waals surface area contributed by atoms with Gasteiger partial charge in [0, 0.05) is 19.6 Å². The third-order valence-corrected chi connectivity index (χ3v) is 5.13. The molecule has 1 atom stereocenters. The first kappa shape index (κ1) is 17.6. The molecule has 7 nitrogen and oxygen atoms in total. The van der Waals surface area contributed by atoms with E-state index >= 15 is 0 Å². The number of amides is 2. The zero-order valence-electron chi connectivity index (χ0n) is 14.1. The Morgan fingerprint density at radius 2 is 2.28 bits per heavy atom. The minimum atomic E-state index is -0.312. The molecule has 134 valence electrons. The van der Waals surface area contributed by atoms with Crippen molar-refractivity contribution in [3.63, 3.8) is 0 Å². The number of nitrogens with zero attached hydrogens (tertiary/aromatic N) is 2. The van der Waals surface area contributed by atoms with E-state index in [1.807, 2.05) is 31.2 Å². The predicted octanol–water partition coefficient (Wildman–Crippen LogP) is 2.66. The molecular formula is C17H21N3O4S. The normalized spacial score (nSPS) is 15.9. The van der Waals surface area contributed by atoms with E-state index in [1.54, 1.807) is 4.90 Å². The predicted molar refractivity (Wildman–Crippen MR) is 94.5 cm³/mol. The summed E-state index contributed by atoms with van der Waals surface area (Å²) in [6, 6.07) is 7.51. The quantitative estimate of drug-likeness (QED) is 0.761. The maximum atomic E-state index is 12.4. The third kappa shape index (κ3) is 4.45. The standard InChI is InChI=1S/C17H21N3O4S/c1-2-14(25-16-19-12-6-3-4-7-13(12)24-16)15(21)18-8-10-20-9-5-11-23-17(20)22/h3-4,6-7,14H,2,5,8-11H2,1H3,(H,18,21).